The molecule has 1 aromatic carbocycles. The van der Waals surface area contributed by atoms with Gasteiger partial charge in [-0.3, -0.25) is 4.79 Å². The molecule has 1 aliphatic carbocycles. The van der Waals surface area contributed by atoms with Gasteiger partial charge in [0, 0.05) is 5.92 Å². The van der Waals surface area contributed by atoms with Gasteiger partial charge in [0.15, 0.2) is 5.82 Å². The number of hydrogen-bond donors (Lipinski definition) is 1. The maximum absolute atomic E-state index is 12.4. The van der Waals surface area contributed by atoms with E-state index in [0.717, 1.165) is 18.7 Å². The quantitative estimate of drug-likeness (QED) is 0.799. The van der Waals surface area contributed by atoms with Crippen LogP contribution in [0.4, 0.5) is 5.69 Å². The van der Waals surface area contributed by atoms with Crippen molar-refractivity contribution >= 4 is 27.9 Å². The van der Waals surface area contributed by atoms with Crippen molar-refractivity contribution in [2.75, 3.05) is 12.4 Å². The van der Waals surface area contributed by atoms with Crippen LogP contribution < -0.4 is 10.1 Å². The van der Waals surface area contributed by atoms with E-state index in [4.69, 9.17) is 4.74 Å². The van der Waals surface area contributed by atoms with E-state index >= 15 is 0 Å². The van der Waals surface area contributed by atoms with Gasteiger partial charge < -0.3 is 10.1 Å². The molecule has 4 rings (SSSR count). The number of carbonyl (C=O) groups is 1. The Morgan fingerprint density at radius 1 is 1.36 bits per heavy atom. The second kappa shape index (κ2) is 5.06. The number of nitrogens with zero attached hydrogens (tertiary/aromatic N) is 4. The normalized spacial score (nSPS) is 14.2. The lowest BCUT2D eigenvalue weighted by molar-refractivity contribution is 0.102. The largest absolute Gasteiger partial charge is 0.495 e. The molecular weight excluding hydrogens is 302 g/mol. The molecule has 0 aliphatic heterocycles. The molecule has 0 atom stereocenters. The zero-order chi connectivity index (χ0) is 15.1. The summed E-state index contributed by atoms with van der Waals surface area (Å²) in [6.45, 7) is 0. The molecule has 22 heavy (non-hydrogen) atoms. The van der Waals surface area contributed by atoms with E-state index in [0.29, 0.717) is 27.3 Å². The number of para-hydroxylation sites is 2. The van der Waals surface area contributed by atoms with Gasteiger partial charge in [-0.15, -0.1) is 15.3 Å². The van der Waals surface area contributed by atoms with E-state index in [1.165, 1.54) is 11.3 Å². The van der Waals surface area contributed by atoms with E-state index in [9.17, 15) is 4.79 Å². The van der Waals surface area contributed by atoms with Crippen molar-refractivity contribution in [2.45, 2.75) is 18.8 Å². The van der Waals surface area contributed by atoms with Gasteiger partial charge in [-0.05, 0) is 25.0 Å². The third-order valence-corrected chi connectivity index (χ3v) is 4.40. The summed E-state index contributed by atoms with van der Waals surface area (Å²) in [4.78, 5) is 13.0. The number of anilines is 1. The number of rotatable bonds is 4. The lowest BCUT2D eigenvalue weighted by atomic mass is 10.3. The van der Waals surface area contributed by atoms with Gasteiger partial charge in [0.25, 0.3) is 5.91 Å². The van der Waals surface area contributed by atoms with Gasteiger partial charge in [-0.1, -0.05) is 23.5 Å². The lowest BCUT2D eigenvalue weighted by Gasteiger charge is -2.07. The molecule has 2 aromatic heterocycles. The molecule has 1 N–H and O–H groups in total. The molecule has 7 nitrogen and oxygen atoms in total. The Balaban J connectivity index is 1.62. The first kappa shape index (κ1) is 13.2. The van der Waals surface area contributed by atoms with E-state index in [-0.39, 0.29) is 5.91 Å². The van der Waals surface area contributed by atoms with E-state index < -0.39 is 0 Å². The minimum Gasteiger partial charge on any atom is -0.495 e. The monoisotopic (exact) mass is 315 g/mol. The number of carbonyl (C=O) groups excluding carboxylic acids is 1. The molecule has 2 heterocycles. The number of aromatic nitrogens is 4. The van der Waals surface area contributed by atoms with Crippen molar-refractivity contribution in [2.24, 2.45) is 0 Å². The molecule has 0 saturated heterocycles. The summed E-state index contributed by atoms with van der Waals surface area (Å²) < 4.78 is 6.91. The summed E-state index contributed by atoms with van der Waals surface area (Å²) in [5, 5.41) is 15.7. The zero-order valence-electron chi connectivity index (χ0n) is 11.8. The van der Waals surface area contributed by atoms with Crippen LogP contribution in [0.15, 0.2) is 24.3 Å². The minimum atomic E-state index is -0.276. The van der Waals surface area contributed by atoms with Crippen molar-refractivity contribution in [1.82, 2.24) is 19.8 Å². The summed E-state index contributed by atoms with van der Waals surface area (Å²) in [5.74, 6) is 1.61. The molecule has 1 amide bonds. The predicted octanol–water partition coefficient (Wildman–Crippen LogP) is 2.32. The minimum absolute atomic E-state index is 0.276. The summed E-state index contributed by atoms with van der Waals surface area (Å²) in [6.07, 6.45) is 2.22. The van der Waals surface area contributed by atoms with E-state index in [1.54, 1.807) is 23.8 Å². The van der Waals surface area contributed by atoms with E-state index in [2.05, 4.69) is 20.6 Å². The number of nitrogens with one attached hydrogen (secondary N) is 1. The third kappa shape index (κ3) is 2.21. The van der Waals surface area contributed by atoms with Crippen LogP contribution in [0.2, 0.25) is 0 Å². The van der Waals surface area contributed by atoms with Gasteiger partial charge in [-0.2, -0.15) is 4.52 Å². The highest BCUT2D eigenvalue weighted by Gasteiger charge is 2.30. The Bertz CT molecular complexity index is 852. The van der Waals surface area contributed by atoms with Crippen molar-refractivity contribution < 1.29 is 9.53 Å². The zero-order valence-corrected chi connectivity index (χ0v) is 12.6. The average Bonchev–Trinajstić information content (AvgIpc) is 3.15. The van der Waals surface area contributed by atoms with Gasteiger partial charge in [0.1, 0.15) is 5.75 Å². The van der Waals surface area contributed by atoms with Crippen LogP contribution in [-0.4, -0.2) is 32.8 Å². The fraction of sp³-hybridized carbons (Fsp3) is 0.286. The smallest absolute Gasteiger partial charge is 0.286 e. The van der Waals surface area contributed by atoms with Gasteiger partial charge in [0.05, 0.1) is 12.8 Å². The second-order valence-electron chi connectivity index (χ2n) is 5.09. The van der Waals surface area contributed by atoms with Crippen molar-refractivity contribution in [3.8, 4) is 5.75 Å². The van der Waals surface area contributed by atoms with Crippen LogP contribution in [0.1, 0.15) is 34.4 Å². The first-order valence-corrected chi connectivity index (χ1v) is 7.74. The van der Waals surface area contributed by atoms with Crippen LogP contribution in [0, 0.1) is 0 Å². The molecule has 1 fully saturated rings. The van der Waals surface area contributed by atoms with Crippen molar-refractivity contribution in [1.29, 1.82) is 0 Å². The predicted molar refractivity (Wildman–Crippen MR) is 81.6 cm³/mol. The topological polar surface area (TPSA) is 81.4 Å². The first-order valence-electron chi connectivity index (χ1n) is 6.93. The fourth-order valence-corrected chi connectivity index (χ4v) is 2.99. The van der Waals surface area contributed by atoms with Crippen LogP contribution in [0.5, 0.6) is 5.75 Å². The summed E-state index contributed by atoms with van der Waals surface area (Å²) >= 11 is 1.23. The van der Waals surface area contributed by atoms with E-state index in [1.807, 2.05) is 12.1 Å². The lowest BCUT2D eigenvalue weighted by Crippen LogP contribution is -2.13. The number of benzene rings is 1. The summed E-state index contributed by atoms with van der Waals surface area (Å²) in [6, 6.07) is 7.26. The fourth-order valence-electron chi connectivity index (χ4n) is 2.24. The molecule has 0 bridgehead atoms. The average molecular weight is 315 g/mol. The number of ether oxygens (including phenoxy) is 1. The Hall–Kier alpha value is -2.48. The summed E-state index contributed by atoms with van der Waals surface area (Å²) in [5.41, 5.74) is 0.614. The first-order chi connectivity index (χ1) is 10.8. The highest BCUT2D eigenvalue weighted by atomic mass is 32.1. The second-order valence-corrected chi connectivity index (χ2v) is 6.04. The molecule has 0 spiro atoms. The van der Waals surface area contributed by atoms with Crippen LogP contribution in [-0.2, 0) is 0 Å². The van der Waals surface area contributed by atoms with Crippen LogP contribution >= 0.6 is 11.3 Å². The van der Waals surface area contributed by atoms with Crippen LogP contribution in [0.3, 0.4) is 0 Å². The van der Waals surface area contributed by atoms with Crippen molar-refractivity contribution in [3.63, 3.8) is 0 Å². The number of hydrogen-bond acceptors (Lipinski definition) is 6. The standard InChI is InChI=1S/C14H13N5O2S/c1-21-10-5-3-2-4-9(10)15-12(20)13-18-19-11(8-6-7-8)16-17-14(19)22-13/h2-5,8H,6-7H2,1H3,(H,15,20). The maximum atomic E-state index is 12.4. The SMILES string of the molecule is COc1ccccc1NC(=O)c1nn2c(C3CC3)nnc2s1. The highest BCUT2D eigenvalue weighted by Crippen LogP contribution is 2.39. The highest BCUT2D eigenvalue weighted by molar-refractivity contribution is 7.18. The third-order valence-electron chi connectivity index (χ3n) is 3.51. The maximum Gasteiger partial charge on any atom is 0.286 e. The van der Waals surface area contributed by atoms with Crippen LogP contribution in [0.25, 0.3) is 4.96 Å². The van der Waals surface area contributed by atoms with Gasteiger partial charge in [-0.25, -0.2) is 0 Å². The van der Waals surface area contributed by atoms with Gasteiger partial charge >= 0.3 is 0 Å². The molecule has 1 aliphatic rings. The molecule has 0 unspecified atom stereocenters. The molecule has 0 radical (unpaired) electrons. The number of methoxy groups -OCH3 is 1. The Morgan fingerprint density at radius 3 is 2.95 bits per heavy atom. The molecule has 8 heteroatoms. The Morgan fingerprint density at radius 2 is 2.18 bits per heavy atom. The summed E-state index contributed by atoms with van der Waals surface area (Å²) in [7, 11) is 1.57. The van der Waals surface area contributed by atoms with Crippen molar-refractivity contribution in [3.05, 3.63) is 35.1 Å². The number of amides is 1. The Kier molecular flexibility index (Phi) is 3.04. The molecule has 1 saturated carbocycles. The molecule has 3 aromatic rings. The molecular formula is C14H13N5O2S. The Labute approximate surface area is 129 Å². The van der Waals surface area contributed by atoms with Gasteiger partial charge in [0.2, 0.25) is 9.97 Å². The molecule has 112 valence electrons. The number of fused-ring (bicyclic) bond motifs is 1.